The maximum Gasteiger partial charge on any atom is 0.185 e. The molecule has 0 saturated heterocycles. The molecule has 0 fully saturated rings. The fourth-order valence-corrected chi connectivity index (χ4v) is 1.62. The van der Waals surface area contributed by atoms with E-state index >= 15 is 0 Å². The first kappa shape index (κ1) is 9.03. The van der Waals surface area contributed by atoms with Crippen LogP contribution in [0.25, 0.3) is 22.4 Å². The zero-order valence-electron chi connectivity index (χ0n) is 8.71. The van der Waals surface area contributed by atoms with E-state index < -0.39 is 0 Å². The first-order valence-corrected chi connectivity index (χ1v) is 4.98. The summed E-state index contributed by atoms with van der Waals surface area (Å²) in [5.74, 6) is 0. The Balaban J connectivity index is 2.22. The second-order valence-corrected chi connectivity index (χ2v) is 3.55. The molecule has 3 aromatic rings. The van der Waals surface area contributed by atoms with Crippen LogP contribution in [-0.4, -0.2) is 15.1 Å². The first-order chi connectivity index (χ1) is 7.84. The van der Waals surface area contributed by atoms with E-state index in [0.29, 0.717) is 5.58 Å². The van der Waals surface area contributed by atoms with Gasteiger partial charge in [-0.25, -0.2) is 4.98 Å². The Morgan fingerprint density at radius 3 is 2.94 bits per heavy atom. The molecule has 3 heterocycles. The summed E-state index contributed by atoms with van der Waals surface area (Å²) in [6.07, 6.45) is 3.53. The monoisotopic (exact) mass is 211 g/mol. The minimum atomic E-state index is 0.713. The van der Waals surface area contributed by atoms with E-state index in [9.17, 15) is 0 Å². The van der Waals surface area contributed by atoms with Crippen molar-refractivity contribution in [3.63, 3.8) is 0 Å². The normalized spacial score (nSPS) is 10.8. The molecular weight excluding hydrogens is 202 g/mol. The molecular formula is C12H9N3O. The van der Waals surface area contributed by atoms with E-state index in [0.717, 1.165) is 22.5 Å². The molecule has 0 amide bonds. The summed E-state index contributed by atoms with van der Waals surface area (Å²) in [5, 5.41) is 3.88. The van der Waals surface area contributed by atoms with Gasteiger partial charge in [0, 0.05) is 18.0 Å². The molecule has 3 rings (SSSR count). The quantitative estimate of drug-likeness (QED) is 0.620. The predicted octanol–water partition coefficient (Wildman–Crippen LogP) is 2.59. The van der Waals surface area contributed by atoms with E-state index in [1.165, 1.54) is 0 Å². The van der Waals surface area contributed by atoms with Crippen LogP contribution in [0.3, 0.4) is 0 Å². The molecule has 78 valence electrons. The Kier molecular flexibility index (Phi) is 1.93. The second-order valence-electron chi connectivity index (χ2n) is 3.55. The molecule has 0 spiro atoms. The molecule has 0 aromatic carbocycles. The fraction of sp³-hybridized carbons (Fsp3) is 0.0833. The van der Waals surface area contributed by atoms with Gasteiger partial charge in [0.05, 0.1) is 5.69 Å². The van der Waals surface area contributed by atoms with Gasteiger partial charge in [0.25, 0.3) is 0 Å². The molecule has 4 heteroatoms. The lowest BCUT2D eigenvalue weighted by Gasteiger charge is -1.98. The highest BCUT2D eigenvalue weighted by atomic mass is 16.5. The summed E-state index contributed by atoms with van der Waals surface area (Å²) < 4.78 is 5.11. The number of fused-ring (bicyclic) bond motifs is 1. The molecule has 0 N–H and O–H groups in total. The molecule has 4 nitrogen and oxygen atoms in total. The van der Waals surface area contributed by atoms with Crippen LogP contribution in [0.5, 0.6) is 0 Å². The Morgan fingerprint density at radius 1 is 1.19 bits per heavy atom. The zero-order valence-corrected chi connectivity index (χ0v) is 8.71. The first-order valence-electron chi connectivity index (χ1n) is 4.98. The Hall–Kier alpha value is -2.23. The third-order valence-electron chi connectivity index (χ3n) is 2.44. The molecule has 0 bridgehead atoms. The van der Waals surface area contributed by atoms with Crippen LogP contribution < -0.4 is 0 Å². The minimum absolute atomic E-state index is 0.713. The standard InChI is InChI=1S/C12H9N3O/c1-8-12-11(16-15-8)5-4-10(14-12)9-3-2-6-13-7-9/h2-7H,1H3. The van der Waals surface area contributed by atoms with Crippen LogP contribution >= 0.6 is 0 Å². The van der Waals surface area contributed by atoms with E-state index in [2.05, 4.69) is 15.1 Å². The fourth-order valence-electron chi connectivity index (χ4n) is 1.62. The zero-order chi connectivity index (χ0) is 11.0. The van der Waals surface area contributed by atoms with Crippen LogP contribution in [0.4, 0.5) is 0 Å². The lowest BCUT2D eigenvalue weighted by atomic mass is 10.2. The van der Waals surface area contributed by atoms with Gasteiger partial charge in [-0.2, -0.15) is 0 Å². The van der Waals surface area contributed by atoms with Crippen molar-refractivity contribution in [2.45, 2.75) is 6.92 Å². The maximum atomic E-state index is 5.11. The van der Waals surface area contributed by atoms with E-state index in [-0.39, 0.29) is 0 Å². The molecule has 0 unspecified atom stereocenters. The lowest BCUT2D eigenvalue weighted by molar-refractivity contribution is 0.450. The van der Waals surface area contributed by atoms with Gasteiger partial charge in [0.15, 0.2) is 5.58 Å². The molecule has 0 atom stereocenters. The Labute approximate surface area is 91.9 Å². The summed E-state index contributed by atoms with van der Waals surface area (Å²) in [5.41, 5.74) is 4.20. The van der Waals surface area contributed by atoms with Crippen molar-refractivity contribution in [3.05, 3.63) is 42.4 Å². The smallest absolute Gasteiger partial charge is 0.185 e. The number of rotatable bonds is 1. The SMILES string of the molecule is Cc1noc2ccc(-c3cccnc3)nc12. The number of hydrogen-bond acceptors (Lipinski definition) is 4. The van der Waals surface area contributed by atoms with Gasteiger partial charge < -0.3 is 4.52 Å². The average molecular weight is 211 g/mol. The number of pyridine rings is 2. The van der Waals surface area contributed by atoms with Crippen molar-refractivity contribution in [1.29, 1.82) is 0 Å². The number of aromatic nitrogens is 3. The molecule has 0 radical (unpaired) electrons. The molecule has 0 aliphatic carbocycles. The van der Waals surface area contributed by atoms with Crippen LogP contribution in [0.2, 0.25) is 0 Å². The number of aryl methyl sites for hydroxylation is 1. The largest absolute Gasteiger partial charge is 0.354 e. The van der Waals surface area contributed by atoms with Crippen molar-refractivity contribution < 1.29 is 4.52 Å². The summed E-state index contributed by atoms with van der Waals surface area (Å²) in [6.45, 7) is 1.88. The lowest BCUT2D eigenvalue weighted by Crippen LogP contribution is -1.85. The Bertz CT molecular complexity index is 631. The predicted molar refractivity (Wildman–Crippen MR) is 59.8 cm³/mol. The molecule has 0 aliphatic heterocycles. The topological polar surface area (TPSA) is 51.8 Å². The third kappa shape index (κ3) is 1.35. The van der Waals surface area contributed by atoms with Gasteiger partial charge in [0.2, 0.25) is 0 Å². The van der Waals surface area contributed by atoms with Gasteiger partial charge in [-0.05, 0) is 31.2 Å². The van der Waals surface area contributed by atoms with Crippen molar-refractivity contribution in [2.24, 2.45) is 0 Å². The van der Waals surface area contributed by atoms with Crippen LogP contribution in [0.1, 0.15) is 5.69 Å². The molecule has 0 aliphatic rings. The Morgan fingerprint density at radius 2 is 2.12 bits per heavy atom. The van der Waals surface area contributed by atoms with E-state index in [1.807, 2.05) is 31.2 Å². The van der Waals surface area contributed by atoms with Gasteiger partial charge in [0.1, 0.15) is 11.2 Å². The summed E-state index contributed by atoms with van der Waals surface area (Å²) >= 11 is 0. The van der Waals surface area contributed by atoms with Crippen LogP contribution in [0, 0.1) is 6.92 Å². The summed E-state index contributed by atoms with van der Waals surface area (Å²) in [7, 11) is 0. The number of hydrogen-bond donors (Lipinski definition) is 0. The van der Waals surface area contributed by atoms with Crippen molar-refractivity contribution >= 4 is 11.1 Å². The summed E-state index contributed by atoms with van der Waals surface area (Å²) in [6, 6.07) is 7.65. The molecule has 0 saturated carbocycles. The number of nitrogens with zero attached hydrogens (tertiary/aromatic N) is 3. The van der Waals surface area contributed by atoms with Crippen LogP contribution in [0.15, 0.2) is 41.2 Å². The van der Waals surface area contributed by atoms with Crippen LogP contribution in [-0.2, 0) is 0 Å². The van der Waals surface area contributed by atoms with Gasteiger partial charge in [-0.1, -0.05) is 5.16 Å². The maximum absolute atomic E-state index is 5.11. The van der Waals surface area contributed by atoms with Crippen molar-refractivity contribution in [3.8, 4) is 11.3 Å². The van der Waals surface area contributed by atoms with Gasteiger partial charge in [-0.15, -0.1) is 0 Å². The highest BCUT2D eigenvalue weighted by molar-refractivity contribution is 5.78. The van der Waals surface area contributed by atoms with Gasteiger partial charge in [-0.3, -0.25) is 4.98 Å². The van der Waals surface area contributed by atoms with E-state index in [4.69, 9.17) is 4.52 Å². The van der Waals surface area contributed by atoms with Crippen molar-refractivity contribution in [1.82, 2.24) is 15.1 Å². The van der Waals surface area contributed by atoms with Crippen molar-refractivity contribution in [2.75, 3.05) is 0 Å². The molecule has 3 aromatic heterocycles. The highest BCUT2D eigenvalue weighted by Gasteiger charge is 2.07. The highest BCUT2D eigenvalue weighted by Crippen LogP contribution is 2.21. The third-order valence-corrected chi connectivity index (χ3v) is 2.44. The second kappa shape index (κ2) is 3.41. The van der Waals surface area contributed by atoms with Gasteiger partial charge >= 0.3 is 0 Å². The van der Waals surface area contributed by atoms with E-state index in [1.54, 1.807) is 12.4 Å². The average Bonchev–Trinajstić information content (AvgIpc) is 2.72. The minimum Gasteiger partial charge on any atom is -0.354 e. The molecule has 16 heavy (non-hydrogen) atoms. The summed E-state index contributed by atoms with van der Waals surface area (Å²) in [4.78, 5) is 8.58.